The van der Waals surface area contributed by atoms with Crippen molar-refractivity contribution in [2.45, 2.75) is 42.8 Å². The lowest BCUT2D eigenvalue weighted by atomic mass is 9.90. The van der Waals surface area contributed by atoms with Gasteiger partial charge in [0.25, 0.3) is 0 Å². The van der Waals surface area contributed by atoms with Gasteiger partial charge >= 0.3 is 0 Å². The van der Waals surface area contributed by atoms with Crippen LogP contribution >= 0.6 is 11.8 Å². The predicted octanol–water partition coefficient (Wildman–Crippen LogP) is 4.47. The highest BCUT2D eigenvalue weighted by Crippen LogP contribution is 2.38. The molecule has 186 valence electrons. The zero-order valence-electron chi connectivity index (χ0n) is 19.3. The van der Waals surface area contributed by atoms with Gasteiger partial charge < -0.3 is 14.6 Å². The summed E-state index contributed by atoms with van der Waals surface area (Å²) in [5, 5.41) is 15.0. The maximum absolute atomic E-state index is 14.7. The highest BCUT2D eigenvalue weighted by molar-refractivity contribution is 8.00. The number of thioether (sulfide) groups is 1. The predicted molar refractivity (Wildman–Crippen MR) is 127 cm³/mol. The number of nitrogens with zero attached hydrogens (tertiary/aromatic N) is 3. The highest BCUT2D eigenvalue weighted by Gasteiger charge is 2.41. The summed E-state index contributed by atoms with van der Waals surface area (Å²) in [6, 6.07) is 8.08. The summed E-state index contributed by atoms with van der Waals surface area (Å²) in [4.78, 5) is 3.88. The molecule has 6 nitrogen and oxygen atoms in total. The van der Waals surface area contributed by atoms with E-state index in [9.17, 15) is 18.3 Å². The largest absolute Gasteiger partial charge is 0.382 e. The second kappa shape index (κ2) is 10.9. The molecule has 1 aliphatic heterocycles. The number of hydrogen-bond acceptors (Lipinski definition) is 6. The van der Waals surface area contributed by atoms with E-state index in [1.165, 1.54) is 41.2 Å². The standard InChI is InChI=1S/C25H26F3N3O3S/c1-16-3-4-18(22(27)9-16)5-8-24-33-11-20(12-34-24)35-17(2)25(32,13-31-15-29-14-30-31)21-7-6-19(26)10-23(21)28/h3-10,14-15,17,20,24,32H,11-13H2,1-2H3/b8-5+. The quantitative estimate of drug-likeness (QED) is 0.487. The van der Waals surface area contributed by atoms with Gasteiger partial charge in [0, 0.05) is 22.4 Å². The molecule has 2 unspecified atom stereocenters. The van der Waals surface area contributed by atoms with E-state index in [2.05, 4.69) is 10.1 Å². The Hall–Kier alpha value is -2.66. The van der Waals surface area contributed by atoms with Gasteiger partial charge in [-0.3, -0.25) is 0 Å². The van der Waals surface area contributed by atoms with Crippen LogP contribution in [-0.4, -0.2) is 49.9 Å². The molecule has 1 N–H and O–H groups in total. The topological polar surface area (TPSA) is 69.4 Å². The van der Waals surface area contributed by atoms with E-state index in [4.69, 9.17) is 9.47 Å². The lowest BCUT2D eigenvalue weighted by Crippen LogP contribution is -2.43. The number of rotatable bonds is 8. The molecule has 2 atom stereocenters. The number of aryl methyl sites for hydroxylation is 1. The van der Waals surface area contributed by atoms with Crippen molar-refractivity contribution in [1.82, 2.24) is 14.8 Å². The molecule has 2 aromatic carbocycles. The van der Waals surface area contributed by atoms with Crippen molar-refractivity contribution in [3.8, 4) is 0 Å². The van der Waals surface area contributed by atoms with Gasteiger partial charge in [-0.1, -0.05) is 31.2 Å². The van der Waals surface area contributed by atoms with E-state index in [1.807, 2.05) is 13.0 Å². The smallest absolute Gasteiger partial charge is 0.177 e. The van der Waals surface area contributed by atoms with Gasteiger partial charge in [-0.25, -0.2) is 22.8 Å². The number of benzene rings is 2. The Kier molecular flexibility index (Phi) is 7.95. The van der Waals surface area contributed by atoms with Gasteiger partial charge in [0.1, 0.15) is 35.7 Å². The number of aromatic nitrogens is 3. The molecule has 0 saturated carbocycles. The monoisotopic (exact) mass is 505 g/mol. The third kappa shape index (κ3) is 6.13. The van der Waals surface area contributed by atoms with E-state index in [0.29, 0.717) is 18.8 Å². The molecule has 2 heterocycles. The molecule has 0 aliphatic carbocycles. The van der Waals surface area contributed by atoms with Crippen molar-refractivity contribution < 1.29 is 27.8 Å². The molecule has 0 bridgehead atoms. The minimum absolute atomic E-state index is 0.0343. The summed E-state index contributed by atoms with van der Waals surface area (Å²) >= 11 is 1.37. The third-order valence-electron chi connectivity index (χ3n) is 5.82. The summed E-state index contributed by atoms with van der Waals surface area (Å²) in [5.41, 5.74) is -0.473. The molecule has 35 heavy (non-hydrogen) atoms. The second-order valence-electron chi connectivity index (χ2n) is 8.46. The normalized spacial score (nSPS) is 21.2. The van der Waals surface area contributed by atoms with Crippen molar-refractivity contribution in [1.29, 1.82) is 0 Å². The summed E-state index contributed by atoms with van der Waals surface area (Å²) in [7, 11) is 0. The van der Waals surface area contributed by atoms with Gasteiger partial charge in [-0.2, -0.15) is 5.10 Å². The molecular formula is C25H26F3N3O3S. The summed E-state index contributed by atoms with van der Waals surface area (Å²) in [6.45, 7) is 4.12. The first-order valence-electron chi connectivity index (χ1n) is 11.1. The average Bonchev–Trinajstić information content (AvgIpc) is 3.32. The van der Waals surface area contributed by atoms with Crippen LogP contribution in [0.1, 0.15) is 23.6 Å². The summed E-state index contributed by atoms with van der Waals surface area (Å²) in [6.07, 6.45) is 5.37. The van der Waals surface area contributed by atoms with E-state index >= 15 is 0 Å². The van der Waals surface area contributed by atoms with Crippen LogP contribution in [0.25, 0.3) is 6.08 Å². The summed E-state index contributed by atoms with van der Waals surface area (Å²) < 4.78 is 55.2. The lowest BCUT2D eigenvalue weighted by Gasteiger charge is -2.37. The fourth-order valence-corrected chi connectivity index (χ4v) is 5.19. The zero-order chi connectivity index (χ0) is 25.0. The molecule has 1 fully saturated rings. The van der Waals surface area contributed by atoms with Crippen LogP contribution in [0.2, 0.25) is 0 Å². The first kappa shape index (κ1) is 25.4. The Morgan fingerprint density at radius 2 is 1.94 bits per heavy atom. The fraction of sp³-hybridized carbons (Fsp3) is 0.360. The number of ether oxygens (including phenoxy) is 2. The first-order valence-corrected chi connectivity index (χ1v) is 12.0. The van der Waals surface area contributed by atoms with Gasteiger partial charge in [-0.15, -0.1) is 11.8 Å². The van der Waals surface area contributed by atoms with Crippen LogP contribution in [-0.2, 0) is 21.6 Å². The minimum atomic E-state index is -1.71. The summed E-state index contributed by atoms with van der Waals surface area (Å²) in [5.74, 6) is -1.89. The Balaban J connectivity index is 1.42. The molecule has 3 aromatic rings. The van der Waals surface area contributed by atoms with Crippen molar-refractivity contribution in [2.24, 2.45) is 0 Å². The molecule has 1 saturated heterocycles. The number of aliphatic hydroxyl groups is 1. The highest BCUT2D eigenvalue weighted by atomic mass is 32.2. The van der Waals surface area contributed by atoms with E-state index < -0.39 is 28.8 Å². The second-order valence-corrected chi connectivity index (χ2v) is 10.1. The molecule has 10 heteroatoms. The van der Waals surface area contributed by atoms with Crippen molar-refractivity contribution in [3.05, 3.63) is 89.3 Å². The van der Waals surface area contributed by atoms with E-state index in [1.54, 1.807) is 25.1 Å². The van der Waals surface area contributed by atoms with Crippen LogP contribution in [0, 0.1) is 24.4 Å². The lowest BCUT2D eigenvalue weighted by molar-refractivity contribution is -0.146. The Morgan fingerprint density at radius 3 is 2.60 bits per heavy atom. The molecule has 0 amide bonds. The number of hydrogen-bond donors (Lipinski definition) is 1. The van der Waals surface area contributed by atoms with Gasteiger partial charge in [0.05, 0.1) is 25.0 Å². The Labute approximate surface area is 205 Å². The molecule has 1 aliphatic rings. The van der Waals surface area contributed by atoms with Gasteiger partial charge in [0.2, 0.25) is 0 Å². The molecule has 1 aromatic heterocycles. The van der Waals surface area contributed by atoms with E-state index in [-0.39, 0.29) is 23.2 Å². The Bertz CT molecular complexity index is 1170. The van der Waals surface area contributed by atoms with E-state index in [0.717, 1.165) is 17.7 Å². The van der Waals surface area contributed by atoms with Crippen LogP contribution in [0.3, 0.4) is 0 Å². The first-order chi connectivity index (χ1) is 16.7. The van der Waals surface area contributed by atoms with Crippen LogP contribution in [0.15, 0.2) is 55.1 Å². The molecular weight excluding hydrogens is 479 g/mol. The third-order valence-corrected chi connectivity index (χ3v) is 7.27. The minimum Gasteiger partial charge on any atom is -0.382 e. The maximum Gasteiger partial charge on any atom is 0.177 e. The van der Waals surface area contributed by atoms with Crippen molar-refractivity contribution in [2.75, 3.05) is 13.2 Å². The average molecular weight is 506 g/mol. The molecule has 0 radical (unpaired) electrons. The number of halogens is 3. The van der Waals surface area contributed by atoms with Crippen molar-refractivity contribution >= 4 is 17.8 Å². The Morgan fingerprint density at radius 1 is 1.17 bits per heavy atom. The van der Waals surface area contributed by atoms with Crippen LogP contribution in [0.4, 0.5) is 13.2 Å². The van der Waals surface area contributed by atoms with Crippen LogP contribution in [0.5, 0.6) is 0 Å². The van der Waals surface area contributed by atoms with Crippen LogP contribution < -0.4 is 0 Å². The zero-order valence-corrected chi connectivity index (χ0v) is 20.1. The molecule has 0 spiro atoms. The fourth-order valence-electron chi connectivity index (χ4n) is 3.88. The van der Waals surface area contributed by atoms with Crippen molar-refractivity contribution in [3.63, 3.8) is 0 Å². The van der Waals surface area contributed by atoms with Gasteiger partial charge in [-0.05, 0) is 30.7 Å². The van der Waals surface area contributed by atoms with Gasteiger partial charge in [0.15, 0.2) is 6.29 Å². The SMILES string of the molecule is Cc1ccc(/C=C/C2OCC(SC(C)C(O)(Cn3cncn3)c3ccc(F)cc3F)CO2)c(F)c1. The molecule has 4 rings (SSSR count). The maximum atomic E-state index is 14.7.